The molecule has 0 aliphatic heterocycles. The number of fused-ring (bicyclic) bond motifs is 1. The Morgan fingerprint density at radius 1 is 1.26 bits per heavy atom. The summed E-state index contributed by atoms with van der Waals surface area (Å²) in [6.07, 6.45) is 1.71. The lowest BCUT2D eigenvalue weighted by Gasteiger charge is -2.03. The first kappa shape index (κ1) is 11.9. The summed E-state index contributed by atoms with van der Waals surface area (Å²) < 4.78 is 20.3. The van der Waals surface area contributed by atoms with E-state index in [1.165, 1.54) is 6.07 Å². The summed E-state index contributed by atoms with van der Waals surface area (Å²) in [7, 11) is 0. The van der Waals surface area contributed by atoms with Crippen LogP contribution in [0.25, 0.3) is 5.65 Å². The van der Waals surface area contributed by atoms with Crippen molar-refractivity contribution in [3.63, 3.8) is 0 Å². The van der Waals surface area contributed by atoms with Crippen LogP contribution in [0.2, 0.25) is 5.02 Å². The highest BCUT2D eigenvalue weighted by Crippen LogP contribution is 2.17. The molecule has 1 aromatic carbocycles. The minimum Gasteiger partial charge on any atom is -0.482 e. The van der Waals surface area contributed by atoms with Gasteiger partial charge < -0.3 is 4.74 Å². The Morgan fingerprint density at radius 2 is 2.11 bits per heavy atom. The van der Waals surface area contributed by atoms with Gasteiger partial charge in [-0.15, -0.1) is 5.10 Å². The number of pyridine rings is 1. The summed E-state index contributed by atoms with van der Waals surface area (Å²) in [5.41, 5.74) is 0.625. The fourth-order valence-corrected chi connectivity index (χ4v) is 1.82. The second-order valence-corrected chi connectivity index (χ2v) is 4.33. The third kappa shape index (κ3) is 2.51. The second kappa shape index (κ2) is 4.85. The third-order valence-corrected chi connectivity index (χ3v) is 2.77. The molecule has 4 nitrogen and oxygen atoms in total. The molecule has 0 unspecified atom stereocenters. The molecular weight excluding hydrogens is 269 g/mol. The van der Waals surface area contributed by atoms with Gasteiger partial charge in [0, 0.05) is 17.3 Å². The van der Waals surface area contributed by atoms with Crippen molar-refractivity contribution >= 4 is 17.2 Å². The molecule has 0 amide bonds. The van der Waals surface area contributed by atoms with E-state index in [1.54, 1.807) is 41.0 Å². The number of halogens is 2. The predicted molar refractivity (Wildman–Crippen MR) is 68.7 cm³/mol. The van der Waals surface area contributed by atoms with Gasteiger partial charge in [-0.05, 0) is 18.2 Å². The van der Waals surface area contributed by atoms with Gasteiger partial charge in [0.05, 0.1) is 0 Å². The van der Waals surface area contributed by atoms with E-state index in [0.717, 1.165) is 0 Å². The smallest absolute Gasteiger partial charge is 0.189 e. The van der Waals surface area contributed by atoms with Gasteiger partial charge in [0.25, 0.3) is 0 Å². The minimum absolute atomic E-state index is 0.0975. The fourth-order valence-electron chi connectivity index (χ4n) is 1.67. The quantitative estimate of drug-likeness (QED) is 0.738. The number of nitrogens with zero attached hydrogens (tertiary/aromatic N) is 3. The van der Waals surface area contributed by atoms with Crippen LogP contribution in [0, 0.1) is 5.82 Å². The maximum atomic E-state index is 13.4. The SMILES string of the molecule is Fc1ccccc1OCc1nc2cc(Cl)ccn2n1. The molecule has 3 aromatic rings. The van der Waals surface area contributed by atoms with E-state index in [2.05, 4.69) is 10.1 Å². The van der Waals surface area contributed by atoms with Crippen molar-refractivity contribution in [2.24, 2.45) is 0 Å². The van der Waals surface area contributed by atoms with Crippen LogP contribution in [-0.2, 0) is 6.61 Å². The van der Waals surface area contributed by atoms with Crippen molar-refractivity contribution in [2.75, 3.05) is 0 Å². The van der Waals surface area contributed by atoms with Crippen LogP contribution in [-0.4, -0.2) is 14.6 Å². The van der Waals surface area contributed by atoms with E-state index < -0.39 is 5.82 Å². The average molecular weight is 278 g/mol. The first-order valence-electron chi connectivity index (χ1n) is 5.60. The van der Waals surface area contributed by atoms with Gasteiger partial charge in [-0.1, -0.05) is 23.7 Å². The molecule has 2 heterocycles. The van der Waals surface area contributed by atoms with Crippen LogP contribution in [0.1, 0.15) is 5.82 Å². The van der Waals surface area contributed by atoms with Gasteiger partial charge in [0.1, 0.15) is 6.61 Å². The molecule has 19 heavy (non-hydrogen) atoms. The molecule has 0 saturated carbocycles. The zero-order chi connectivity index (χ0) is 13.2. The largest absolute Gasteiger partial charge is 0.482 e. The van der Waals surface area contributed by atoms with Crippen molar-refractivity contribution in [1.82, 2.24) is 14.6 Å². The van der Waals surface area contributed by atoms with E-state index in [0.29, 0.717) is 16.5 Å². The van der Waals surface area contributed by atoms with Crippen molar-refractivity contribution in [1.29, 1.82) is 0 Å². The Hall–Kier alpha value is -2.14. The number of benzene rings is 1. The van der Waals surface area contributed by atoms with Crippen molar-refractivity contribution in [3.05, 3.63) is 59.3 Å². The third-order valence-electron chi connectivity index (χ3n) is 2.54. The van der Waals surface area contributed by atoms with Gasteiger partial charge in [-0.25, -0.2) is 13.9 Å². The Balaban J connectivity index is 1.80. The number of para-hydroxylation sites is 1. The lowest BCUT2D eigenvalue weighted by molar-refractivity contribution is 0.281. The first-order valence-corrected chi connectivity index (χ1v) is 5.98. The van der Waals surface area contributed by atoms with Gasteiger partial charge >= 0.3 is 0 Å². The Morgan fingerprint density at radius 3 is 2.95 bits per heavy atom. The summed E-state index contributed by atoms with van der Waals surface area (Å²) in [5, 5.41) is 4.78. The Labute approximate surface area is 113 Å². The normalized spacial score (nSPS) is 10.8. The second-order valence-electron chi connectivity index (χ2n) is 3.89. The molecule has 0 aliphatic carbocycles. The van der Waals surface area contributed by atoms with Gasteiger partial charge in [0.2, 0.25) is 0 Å². The van der Waals surface area contributed by atoms with Crippen molar-refractivity contribution in [3.8, 4) is 5.75 Å². The zero-order valence-electron chi connectivity index (χ0n) is 9.75. The number of ether oxygens (including phenoxy) is 1. The molecule has 2 aromatic heterocycles. The van der Waals surface area contributed by atoms with E-state index >= 15 is 0 Å². The monoisotopic (exact) mass is 277 g/mol. The molecule has 6 heteroatoms. The van der Waals surface area contributed by atoms with E-state index in [-0.39, 0.29) is 12.4 Å². The maximum absolute atomic E-state index is 13.4. The van der Waals surface area contributed by atoms with Crippen LogP contribution >= 0.6 is 11.6 Å². The van der Waals surface area contributed by atoms with E-state index in [9.17, 15) is 4.39 Å². The molecule has 3 rings (SSSR count). The Kier molecular flexibility index (Phi) is 3.05. The standard InChI is InChI=1S/C13H9ClFN3O/c14-9-5-6-18-13(7-9)16-12(17-18)8-19-11-4-2-1-3-10(11)15/h1-7H,8H2. The highest BCUT2D eigenvalue weighted by Gasteiger charge is 2.07. The van der Waals surface area contributed by atoms with Gasteiger partial charge in [-0.2, -0.15) is 0 Å². The van der Waals surface area contributed by atoms with Crippen molar-refractivity contribution in [2.45, 2.75) is 6.61 Å². The average Bonchev–Trinajstić information content (AvgIpc) is 2.79. The topological polar surface area (TPSA) is 39.4 Å². The summed E-state index contributed by atoms with van der Waals surface area (Å²) in [4.78, 5) is 4.24. The first-order chi connectivity index (χ1) is 9.22. The number of hydrogen-bond donors (Lipinski definition) is 0. The Bertz CT molecular complexity index is 729. The van der Waals surface area contributed by atoms with E-state index in [4.69, 9.17) is 16.3 Å². The van der Waals surface area contributed by atoms with E-state index in [1.807, 2.05) is 0 Å². The summed E-state index contributed by atoms with van der Waals surface area (Å²) >= 11 is 5.86. The van der Waals surface area contributed by atoms with Gasteiger partial charge in [-0.3, -0.25) is 0 Å². The molecule has 0 saturated heterocycles. The molecule has 0 radical (unpaired) electrons. The fraction of sp³-hybridized carbons (Fsp3) is 0.0769. The highest BCUT2D eigenvalue weighted by atomic mass is 35.5. The zero-order valence-corrected chi connectivity index (χ0v) is 10.5. The molecular formula is C13H9ClFN3O. The number of hydrogen-bond acceptors (Lipinski definition) is 3. The van der Waals surface area contributed by atoms with Crippen LogP contribution in [0.3, 0.4) is 0 Å². The predicted octanol–water partition coefficient (Wildman–Crippen LogP) is 3.10. The molecule has 0 aliphatic rings. The number of aromatic nitrogens is 3. The maximum Gasteiger partial charge on any atom is 0.189 e. The summed E-state index contributed by atoms with van der Waals surface area (Å²) in [6.45, 7) is 0.0975. The highest BCUT2D eigenvalue weighted by molar-refractivity contribution is 6.30. The summed E-state index contributed by atoms with van der Waals surface area (Å²) in [5.74, 6) is 0.235. The minimum atomic E-state index is -0.408. The van der Waals surface area contributed by atoms with Crippen LogP contribution in [0.4, 0.5) is 4.39 Å². The summed E-state index contributed by atoms with van der Waals surface area (Å²) in [6, 6.07) is 9.61. The lowest BCUT2D eigenvalue weighted by Crippen LogP contribution is -1.99. The molecule has 0 spiro atoms. The lowest BCUT2D eigenvalue weighted by atomic mass is 10.3. The molecule has 0 atom stereocenters. The molecule has 96 valence electrons. The van der Waals surface area contributed by atoms with Crippen LogP contribution in [0.15, 0.2) is 42.6 Å². The van der Waals surface area contributed by atoms with Crippen molar-refractivity contribution < 1.29 is 9.13 Å². The molecule has 0 N–H and O–H groups in total. The molecule has 0 bridgehead atoms. The van der Waals surface area contributed by atoms with Crippen LogP contribution < -0.4 is 4.74 Å². The van der Waals surface area contributed by atoms with Crippen LogP contribution in [0.5, 0.6) is 5.75 Å². The number of rotatable bonds is 3. The van der Waals surface area contributed by atoms with Gasteiger partial charge in [0.15, 0.2) is 23.0 Å². The molecule has 0 fully saturated rings.